The summed E-state index contributed by atoms with van der Waals surface area (Å²) in [6.07, 6.45) is -0.666. The van der Waals surface area contributed by atoms with Crippen LogP contribution in [0.5, 0.6) is 0 Å². The first-order valence-electron chi connectivity index (χ1n) is 5.76. The first-order valence-corrected chi connectivity index (χ1v) is 6.58. The lowest BCUT2D eigenvalue weighted by Gasteiger charge is -2.15. The largest absolute Gasteiger partial charge is 0.452 e. The Morgan fingerprint density at radius 1 is 1.40 bits per heavy atom. The van der Waals surface area contributed by atoms with E-state index in [-0.39, 0.29) is 0 Å². The number of nitrogens with one attached hydrogen (secondary N) is 2. The van der Waals surface area contributed by atoms with E-state index in [1.54, 1.807) is 0 Å². The zero-order chi connectivity index (χ0) is 14.7. The average Bonchev–Trinajstić information content (AvgIpc) is 2.81. The van der Waals surface area contributed by atoms with Gasteiger partial charge in [-0.05, 0) is 18.6 Å². The van der Waals surface area contributed by atoms with Crippen molar-refractivity contribution in [1.29, 1.82) is 0 Å². The molecule has 1 aromatic carbocycles. The average molecular weight is 294 g/mol. The van der Waals surface area contributed by atoms with Gasteiger partial charge >= 0.3 is 12.1 Å². The Labute approximate surface area is 119 Å². The molecule has 0 fully saturated rings. The van der Waals surface area contributed by atoms with Crippen LogP contribution in [0.1, 0.15) is 5.56 Å². The van der Waals surface area contributed by atoms with Crippen molar-refractivity contribution in [3.8, 4) is 0 Å². The van der Waals surface area contributed by atoms with Crippen LogP contribution in [-0.4, -0.2) is 36.3 Å². The van der Waals surface area contributed by atoms with Crippen molar-refractivity contribution >= 4 is 38.8 Å². The molecule has 2 aromatic rings. The molecule has 1 heterocycles. The molecule has 1 aromatic heterocycles. The SMILES string of the molecule is COC(=O)N(C)NC(=O)Nc1nc2c(C)cccc2s1. The summed E-state index contributed by atoms with van der Waals surface area (Å²) in [5, 5.41) is 3.98. The molecule has 0 radical (unpaired) electrons. The summed E-state index contributed by atoms with van der Waals surface area (Å²) in [5.41, 5.74) is 4.21. The van der Waals surface area contributed by atoms with E-state index in [0.29, 0.717) is 5.13 Å². The molecule has 0 bridgehead atoms. The highest BCUT2D eigenvalue weighted by atomic mass is 32.1. The number of hydrogen-bond donors (Lipinski definition) is 2. The van der Waals surface area contributed by atoms with Crippen LogP contribution in [0, 0.1) is 6.92 Å². The normalized spacial score (nSPS) is 10.2. The molecule has 8 heteroatoms. The number of methoxy groups -OCH3 is 1. The van der Waals surface area contributed by atoms with Gasteiger partial charge in [-0.3, -0.25) is 5.32 Å². The van der Waals surface area contributed by atoms with Crippen LogP contribution in [0.25, 0.3) is 10.2 Å². The highest BCUT2D eigenvalue weighted by molar-refractivity contribution is 7.22. The molecule has 0 unspecified atom stereocenters. The third kappa shape index (κ3) is 2.97. The van der Waals surface area contributed by atoms with E-state index in [4.69, 9.17) is 0 Å². The van der Waals surface area contributed by atoms with Crippen LogP contribution in [0.3, 0.4) is 0 Å². The summed E-state index contributed by atoms with van der Waals surface area (Å²) in [6, 6.07) is 5.26. The van der Waals surface area contributed by atoms with E-state index < -0.39 is 12.1 Å². The number of amides is 3. The molecule has 0 saturated carbocycles. The van der Waals surface area contributed by atoms with Crippen molar-refractivity contribution in [2.75, 3.05) is 19.5 Å². The molecule has 3 amide bonds. The van der Waals surface area contributed by atoms with E-state index in [0.717, 1.165) is 20.8 Å². The van der Waals surface area contributed by atoms with Crippen LogP contribution >= 0.6 is 11.3 Å². The number of aromatic nitrogens is 1. The number of fused-ring (bicyclic) bond motifs is 1. The highest BCUT2D eigenvalue weighted by Crippen LogP contribution is 2.27. The van der Waals surface area contributed by atoms with Crippen LogP contribution in [0.15, 0.2) is 18.2 Å². The van der Waals surface area contributed by atoms with Gasteiger partial charge in [-0.25, -0.2) is 25.0 Å². The minimum Gasteiger partial charge on any atom is -0.452 e. The van der Waals surface area contributed by atoms with Gasteiger partial charge in [0.25, 0.3) is 0 Å². The maximum absolute atomic E-state index is 11.7. The van der Waals surface area contributed by atoms with Gasteiger partial charge in [0.1, 0.15) is 0 Å². The van der Waals surface area contributed by atoms with Gasteiger partial charge in [0.2, 0.25) is 0 Å². The van der Waals surface area contributed by atoms with Crippen molar-refractivity contribution < 1.29 is 14.3 Å². The molecule has 0 atom stereocenters. The van der Waals surface area contributed by atoms with Gasteiger partial charge in [-0.2, -0.15) is 0 Å². The van der Waals surface area contributed by atoms with Crippen LogP contribution < -0.4 is 10.7 Å². The zero-order valence-corrected chi connectivity index (χ0v) is 12.1. The Morgan fingerprint density at radius 3 is 2.80 bits per heavy atom. The Morgan fingerprint density at radius 2 is 2.15 bits per heavy atom. The lowest BCUT2D eigenvalue weighted by atomic mass is 10.2. The summed E-state index contributed by atoms with van der Waals surface area (Å²) in [5.74, 6) is 0. The maximum Gasteiger partial charge on any atom is 0.428 e. The van der Waals surface area contributed by atoms with Gasteiger partial charge in [0.05, 0.1) is 17.3 Å². The molecular weight excluding hydrogens is 280 g/mol. The lowest BCUT2D eigenvalue weighted by molar-refractivity contribution is 0.119. The second-order valence-corrected chi connectivity index (χ2v) is 5.07. The monoisotopic (exact) mass is 294 g/mol. The Hall–Kier alpha value is -2.35. The molecule has 0 spiro atoms. The molecular formula is C12H14N4O3S. The molecule has 0 aliphatic carbocycles. The van der Waals surface area contributed by atoms with Crippen molar-refractivity contribution in [1.82, 2.24) is 15.4 Å². The van der Waals surface area contributed by atoms with E-state index in [2.05, 4.69) is 20.5 Å². The highest BCUT2D eigenvalue weighted by Gasteiger charge is 2.13. The number of ether oxygens (including phenoxy) is 1. The second-order valence-electron chi connectivity index (χ2n) is 4.04. The third-order valence-electron chi connectivity index (χ3n) is 2.56. The molecule has 0 saturated heterocycles. The first-order chi connectivity index (χ1) is 9.51. The summed E-state index contributed by atoms with van der Waals surface area (Å²) in [6.45, 7) is 1.96. The zero-order valence-electron chi connectivity index (χ0n) is 11.3. The number of carbonyl (C=O) groups is 2. The van der Waals surface area contributed by atoms with Crippen molar-refractivity contribution in [2.24, 2.45) is 0 Å². The predicted molar refractivity (Wildman–Crippen MR) is 76.7 cm³/mol. The van der Waals surface area contributed by atoms with Crippen LogP contribution in [0.4, 0.5) is 14.7 Å². The number of urea groups is 1. The maximum atomic E-state index is 11.7. The quantitative estimate of drug-likeness (QED) is 0.791. The fraction of sp³-hybridized carbons (Fsp3) is 0.250. The smallest absolute Gasteiger partial charge is 0.428 e. The first kappa shape index (κ1) is 14.1. The topological polar surface area (TPSA) is 83.6 Å². The molecule has 7 nitrogen and oxygen atoms in total. The Bertz CT molecular complexity index is 655. The molecule has 0 aliphatic rings. The van der Waals surface area contributed by atoms with E-state index >= 15 is 0 Å². The fourth-order valence-corrected chi connectivity index (χ4v) is 2.54. The molecule has 0 aliphatic heterocycles. The summed E-state index contributed by atoms with van der Waals surface area (Å²) < 4.78 is 5.45. The number of thiazole rings is 1. The van der Waals surface area contributed by atoms with Crippen molar-refractivity contribution in [2.45, 2.75) is 6.92 Å². The van der Waals surface area contributed by atoms with Gasteiger partial charge in [0.15, 0.2) is 5.13 Å². The molecule has 2 N–H and O–H groups in total. The standard InChI is InChI=1S/C12H14N4O3S/c1-7-5-4-6-8-9(7)13-11(20-8)14-10(17)15-16(2)12(18)19-3/h4-6H,1-3H3,(H2,13,14,15,17). The van der Waals surface area contributed by atoms with E-state index in [9.17, 15) is 9.59 Å². The fourth-order valence-electron chi connectivity index (χ4n) is 1.60. The number of anilines is 1. The minimum absolute atomic E-state index is 0.463. The van der Waals surface area contributed by atoms with Crippen LogP contribution in [-0.2, 0) is 4.74 Å². The van der Waals surface area contributed by atoms with Gasteiger partial charge < -0.3 is 4.74 Å². The summed E-state index contributed by atoms with van der Waals surface area (Å²) in [4.78, 5) is 27.2. The number of aryl methyl sites for hydroxylation is 1. The number of para-hydroxylation sites is 1. The Balaban J connectivity index is 2.06. The van der Waals surface area contributed by atoms with Crippen LogP contribution in [0.2, 0.25) is 0 Å². The van der Waals surface area contributed by atoms with E-state index in [1.165, 1.54) is 25.5 Å². The number of rotatable bonds is 1. The third-order valence-corrected chi connectivity index (χ3v) is 3.49. The number of nitrogens with zero attached hydrogens (tertiary/aromatic N) is 2. The van der Waals surface area contributed by atoms with Gasteiger partial charge in [0, 0.05) is 7.05 Å². The lowest BCUT2D eigenvalue weighted by Crippen LogP contribution is -2.45. The predicted octanol–water partition coefficient (Wildman–Crippen LogP) is 2.34. The Kier molecular flexibility index (Phi) is 4.04. The minimum atomic E-state index is -0.666. The summed E-state index contributed by atoms with van der Waals surface area (Å²) >= 11 is 1.36. The second kappa shape index (κ2) is 5.74. The summed E-state index contributed by atoms with van der Waals surface area (Å²) in [7, 11) is 2.61. The number of hydrazine groups is 1. The number of hydrogen-bond acceptors (Lipinski definition) is 5. The molecule has 106 valence electrons. The van der Waals surface area contributed by atoms with Crippen molar-refractivity contribution in [3.63, 3.8) is 0 Å². The van der Waals surface area contributed by atoms with E-state index in [1.807, 2.05) is 25.1 Å². The number of carbonyl (C=O) groups excluding carboxylic acids is 2. The molecule has 20 heavy (non-hydrogen) atoms. The molecule has 2 rings (SSSR count). The number of benzene rings is 1. The van der Waals surface area contributed by atoms with Gasteiger partial charge in [-0.1, -0.05) is 23.5 Å². The van der Waals surface area contributed by atoms with Crippen molar-refractivity contribution in [3.05, 3.63) is 23.8 Å². The van der Waals surface area contributed by atoms with Gasteiger partial charge in [-0.15, -0.1) is 0 Å².